The van der Waals surface area contributed by atoms with Crippen molar-refractivity contribution in [2.45, 2.75) is 32.3 Å². The average molecular weight is 501 g/mol. The first kappa shape index (κ1) is 23.9. The lowest BCUT2D eigenvalue weighted by atomic mass is 9.98. The Morgan fingerprint density at radius 1 is 1.17 bits per heavy atom. The second kappa shape index (κ2) is 9.03. The maximum absolute atomic E-state index is 15.1. The summed E-state index contributed by atoms with van der Waals surface area (Å²) in [5, 5.41) is 18.8. The number of fused-ring (bicyclic) bond motifs is 2. The van der Waals surface area contributed by atoms with Crippen LogP contribution >= 0.6 is 0 Å². The molecule has 1 aliphatic rings. The van der Waals surface area contributed by atoms with Gasteiger partial charge >= 0.3 is 6.18 Å². The van der Waals surface area contributed by atoms with Crippen molar-refractivity contribution in [3.05, 3.63) is 59.9 Å². The normalized spacial score (nSPS) is 16.7. The number of aliphatic hydroxyl groups excluding tert-OH is 1. The zero-order valence-corrected chi connectivity index (χ0v) is 19.2. The Balaban J connectivity index is 1.41. The minimum Gasteiger partial charge on any atom is -0.396 e. The van der Waals surface area contributed by atoms with E-state index in [1.807, 2.05) is 6.92 Å². The fraction of sp³-hybridized carbons (Fsp3) is 0.292. The fourth-order valence-corrected chi connectivity index (χ4v) is 4.41. The minimum atomic E-state index is -4.40. The van der Waals surface area contributed by atoms with Crippen LogP contribution in [-0.4, -0.2) is 55.2 Å². The third kappa shape index (κ3) is 4.69. The molecule has 0 saturated heterocycles. The number of benzene rings is 1. The Bertz CT molecular complexity index is 1440. The lowest BCUT2D eigenvalue weighted by molar-refractivity contribution is -0.166. The third-order valence-corrected chi connectivity index (χ3v) is 6.24. The largest absolute Gasteiger partial charge is 0.401 e. The number of nitrogens with zero attached hydrogens (tertiary/aromatic N) is 5. The number of halogens is 4. The summed E-state index contributed by atoms with van der Waals surface area (Å²) in [5.41, 5.74) is 8.56. The molecule has 36 heavy (non-hydrogen) atoms. The molecule has 1 unspecified atom stereocenters. The Labute approximate surface area is 203 Å². The van der Waals surface area contributed by atoms with E-state index < -0.39 is 24.8 Å². The fourth-order valence-electron chi connectivity index (χ4n) is 4.41. The lowest BCUT2D eigenvalue weighted by Crippen LogP contribution is -2.43. The van der Waals surface area contributed by atoms with Gasteiger partial charge in [0.2, 0.25) is 0 Å². The van der Waals surface area contributed by atoms with E-state index in [9.17, 15) is 18.3 Å². The summed E-state index contributed by atoms with van der Waals surface area (Å²) >= 11 is 0. The summed E-state index contributed by atoms with van der Waals surface area (Å²) in [6.45, 7) is 0.622. The van der Waals surface area contributed by atoms with E-state index in [1.165, 1.54) is 10.9 Å². The molecule has 0 radical (unpaired) electrons. The van der Waals surface area contributed by atoms with Gasteiger partial charge < -0.3 is 16.2 Å². The lowest BCUT2D eigenvalue weighted by Gasteiger charge is -2.26. The van der Waals surface area contributed by atoms with Gasteiger partial charge in [0.15, 0.2) is 11.6 Å². The molecule has 4 N–H and O–H groups in total. The SMILES string of the molecule is Cc1ccncc1-c1cc2cc(Nc3cc4n(n3)CC(O)N(CC(F)(F)F)CC4)ncc2c(N)c1F. The van der Waals surface area contributed by atoms with Crippen molar-refractivity contribution in [3.63, 3.8) is 0 Å². The van der Waals surface area contributed by atoms with Gasteiger partial charge in [-0.3, -0.25) is 14.6 Å². The molecule has 12 heteroatoms. The predicted octanol–water partition coefficient (Wildman–Crippen LogP) is 4.01. The number of nitrogens with one attached hydrogen (secondary N) is 1. The Morgan fingerprint density at radius 3 is 2.72 bits per heavy atom. The van der Waals surface area contributed by atoms with Crippen LogP contribution in [0.2, 0.25) is 0 Å². The number of aliphatic hydroxyl groups is 1. The van der Waals surface area contributed by atoms with Crippen LogP contribution < -0.4 is 11.1 Å². The molecule has 3 aromatic heterocycles. The van der Waals surface area contributed by atoms with Crippen LogP contribution in [0.5, 0.6) is 0 Å². The number of rotatable bonds is 4. The zero-order valence-electron chi connectivity index (χ0n) is 19.2. The van der Waals surface area contributed by atoms with Gasteiger partial charge in [0.05, 0.1) is 18.8 Å². The molecule has 8 nitrogen and oxygen atoms in total. The standard InChI is InChI=1S/C24H23F4N7O/c1-13-2-4-30-9-17(13)16-6-14-7-19(31-10-18(14)23(29)22(16)25)32-20-8-15-3-5-34(12-24(26,27)28)21(36)11-35(15)33-20/h2,4,6-10,21,36H,3,5,11-12,29H2,1H3,(H,31,32,33). The molecule has 4 heterocycles. The van der Waals surface area contributed by atoms with E-state index in [0.29, 0.717) is 39.2 Å². The van der Waals surface area contributed by atoms with Crippen molar-refractivity contribution in [2.24, 2.45) is 0 Å². The highest BCUT2D eigenvalue weighted by atomic mass is 19.4. The molecule has 0 amide bonds. The quantitative estimate of drug-likeness (QED) is 0.287. The third-order valence-electron chi connectivity index (χ3n) is 6.24. The first-order chi connectivity index (χ1) is 17.1. The second-order valence-electron chi connectivity index (χ2n) is 8.78. The van der Waals surface area contributed by atoms with Gasteiger partial charge in [0.25, 0.3) is 0 Å². The van der Waals surface area contributed by atoms with E-state index in [4.69, 9.17) is 5.73 Å². The van der Waals surface area contributed by atoms with Gasteiger partial charge in [-0.1, -0.05) is 0 Å². The maximum atomic E-state index is 15.1. The number of aryl methyl sites for hydroxylation is 1. The zero-order chi connectivity index (χ0) is 25.6. The highest BCUT2D eigenvalue weighted by molar-refractivity contribution is 5.98. The van der Waals surface area contributed by atoms with Crippen LogP contribution in [0.1, 0.15) is 11.3 Å². The number of hydrogen-bond donors (Lipinski definition) is 3. The van der Waals surface area contributed by atoms with Gasteiger partial charge in [0.1, 0.15) is 12.0 Å². The molecule has 1 aromatic carbocycles. The molecule has 0 saturated carbocycles. The predicted molar refractivity (Wildman–Crippen MR) is 127 cm³/mol. The van der Waals surface area contributed by atoms with Gasteiger partial charge in [0, 0.05) is 59.8 Å². The van der Waals surface area contributed by atoms with Crippen LogP contribution in [0.4, 0.5) is 34.9 Å². The highest BCUT2D eigenvalue weighted by Gasteiger charge is 2.35. The first-order valence-electron chi connectivity index (χ1n) is 11.2. The molecule has 0 aliphatic carbocycles. The number of pyridine rings is 2. The van der Waals surface area contributed by atoms with E-state index in [1.54, 1.807) is 36.7 Å². The van der Waals surface area contributed by atoms with Crippen LogP contribution in [0.25, 0.3) is 21.9 Å². The van der Waals surface area contributed by atoms with Crippen LogP contribution in [0, 0.1) is 12.7 Å². The molecule has 4 aromatic rings. The Kier molecular flexibility index (Phi) is 6.00. The van der Waals surface area contributed by atoms with Crippen molar-refractivity contribution in [1.82, 2.24) is 24.6 Å². The monoisotopic (exact) mass is 501 g/mol. The molecule has 1 aliphatic heterocycles. The summed E-state index contributed by atoms with van der Waals surface area (Å²) in [6.07, 6.45) is -0.740. The average Bonchev–Trinajstić information content (AvgIpc) is 3.13. The first-order valence-corrected chi connectivity index (χ1v) is 11.2. The topological polar surface area (TPSA) is 105 Å². The Morgan fingerprint density at radius 2 is 1.97 bits per heavy atom. The number of alkyl halides is 3. The van der Waals surface area contributed by atoms with E-state index in [2.05, 4.69) is 20.4 Å². The van der Waals surface area contributed by atoms with Gasteiger partial charge in [-0.05, 0) is 36.1 Å². The van der Waals surface area contributed by atoms with Crippen molar-refractivity contribution in [1.29, 1.82) is 0 Å². The molecule has 0 bridgehead atoms. The summed E-state index contributed by atoms with van der Waals surface area (Å²) < 4.78 is 54.9. The molecule has 188 valence electrons. The van der Waals surface area contributed by atoms with Crippen molar-refractivity contribution >= 4 is 28.1 Å². The van der Waals surface area contributed by atoms with Crippen LogP contribution in [0.3, 0.4) is 0 Å². The molecule has 5 rings (SSSR count). The molecule has 0 fully saturated rings. The number of nitrogens with two attached hydrogens (primary N) is 1. The van der Waals surface area contributed by atoms with Gasteiger partial charge in [-0.2, -0.15) is 18.3 Å². The van der Waals surface area contributed by atoms with Crippen molar-refractivity contribution in [3.8, 4) is 11.1 Å². The maximum Gasteiger partial charge on any atom is 0.401 e. The molecular formula is C24H23F4N7O. The second-order valence-corrected chi connectivity index (χ2v) is 8.78. The van der Waals surface area contributed by atoms with Gasteiger partial charge in [-0.15, -0.1) is 0 Å². The number of aromatic nitrogens is 4. The summed E-state index contributed by atoms with van der Waals surface area (Å²) in [4.78, 5) is 9.39. The molecule has 0 spiro atoms. The molecule has 1 atom stereocenters. The Hall–Kier alpha value is -3.77. The number of nitrogen functional groups attached to an aromatic ring is 1. The summed E-state index contributed by atoms with van der Waals surface area (Å²) in [5.74, 6) is 0.304. The van der Waals surface area contributed by atoms with E-state index in [0.717, 1.165) is 10.5 Å². The van der Waals surface area contributed by atoms with E-state index in [-0.39, 0.29) is 25.2 Å². The number of hydrogen-bond acceptors (Lipinski definition) is 7. The summed E-state index contributed by atoms with van der Waals surface area (Å²) in [6, 6.07) is 6.90. The summed E-state index contributed by atoms with van der Waals surface area (Å²) in [7, 11) is 0. The van der Waals surface area contributed by atoms with E-state index >= 15 is 4.39 Å². The smallest absolute Gasteiger partial charge is 0.396 e. The number of anilines is 3. The van der Waals surface area contributed by atoms with Crippen LogP contribution in [0.15, 0.2) is 42.9 Å². The minimum absolute atomic E-state index is 0.0177. The van der Waals surface area contributed by atoms with Gasteiger partial charge in [-0.25, -0.2) is 9.37 Å². The van der Waals surface area contributed by atoms with Crippen molar-refractivity contribution in [2.75, 3.05) is 24.1 Å². The van der Waals surface area contributed by atoms with Crippen LogP contribution in [-0.2, 0) is 13.0 Å². The molecular weight excluding hydrogens is 478 g/mol. The van der Waals surface area contributed by atoms with Crippen molar-refractivity contribution < 1.29 is 22.7 Å². The highest BCUT2D eigenvalue weighted by Crippen LogP contribution is 2.35.